The molecule has 1 saturated carbocycles. The lowest BCUT2D eigenvalue weighted by atomic mass is 9.86. The number of hydrogen-bond acceptors (Lipinski definition) is 4. The molecule has 0 amide bonds. The summed E-state index contributed by atoms with van der Waals surface area (Å²) in [6, 6.07) is 0. The van der Waals surface area contributed by atoms with Gasteiger partial charge in [0.15, 0.2) is 0 Å². The highest BCUT2D eigenvalue weighted by molar-refractivity contribution is 8.15. The van der Waals surface area contributed by atoms with E-state index in [9.17, 15) is 27.6 Å². The Bertz CT molecular complexity index is 338. The summed E-state index contributed by atoms with van der Waals surface area (Å²) in [6.45, 7) is 0. The highest BCUT2D eigenvalue weighted by Gasteiger charge is 2.34. The van der Waals surface area contributed by atoms with Crippen LogP contribution in [0.1, 0.15) is 25.7 Å². The van der Waals surface area contributed by atoms with Crippen LogP contribution in [0.15, 0.2) is 0 Å². The van der Waals surface area contributed by atoms with E-state index in [-0.39, 0.29) is 24.0 Å². The third-order valence-corrected chi connectivity index (χ3v) is 3.36. The molecule has 0 aliphatic heterocycles. The molecule has 0 bridgehead atoms. The van der Waals surface area contributed by atoms with E-state index in [1.165, 1.54) is 0 Å². The van der Waals surface area contributed by atoms with Crippen LogP contribution in [-0.4, -0.2) is 28.6 Å². The minimum Gasteiger partial charge on any atom is -0.300 e. The number of thioether (sulfide) groups is 1. The van der Waals surface area contributed by atoms with Gasteiger partial charge in [-0.25, -0.2) is 0 Å². The number of ketones is 2. The standard InChI is InChI=1S/C10H11F3O3S/c11-10(12,13)5-17-9(16)8(15)6-2-1-3-7(14)4-6/h6H,1-5H2. The second-order valence-electron chi connectivity index (χ2n) is 3.89. The van der Waals surface area contributed by atoms with Crippen LogP contribution >= 0.6 is 11.8 Å². The molecule has 0 saturated heterocycles. The zero-order valence-corrected chi connectivity index (χ0v) is 9.70. The first-order valence-electron chi connectivity index (χ1n) is 5.09. The molecule has 0 radical (unpaired) electrons. The molecule has 1 atom stereocenters. The Balaban J connectivity index is 2.46. The van der Waals surface area contributed by atoms with Gasteiger partial charge >= 0.3 is 6.18 Å². The molecule has 0 heterocycles. The molecule has 1 fully saturated rings. The predicted molar refractivity (Wildman–Crippen MR) is 55.5 cm³/mol. The summed E-state index contributed by atoms with van der Waals surface area (Å²) in [6.07, 6.45) is -3.18. The van der Waals surface area contributed by atoms with E-state index >= 15 is 0 Å². The van der Waals surface area contributed by atoms with Gasteiger partial charge in [0.25, 0.3) is 5.12 Å². The van der Waals surface area contributed by atoms with E-state index in [1.54, 1.807) is 0 Å². The van der Waals surface area contributed by atoms with Crippen LogP contribution in [0.4, 0.5) is 13.2 Å². The van der Waals surface area contributed by atoms with Crippen LogP contribution < -0.4 is 0 Å². The molecule has 0 aromatic carbocycles. The Labute approximate surface area is 100 Å². The van der Waals surface area contributed by atoms with Crippen LogP contribution in [0.25, 0.3) is 0 Å². The van der Waals surface area contributed by atoms with Gasteiger partial charge < -0.3 is 0 Å². The van der Waals surface area contributed by atoms with E-state index in [0.29, 0.717) is 19.3 Å². The van der Waals surface area contributed by atoms with Crippen LogP contribution in [0, 0.1) is 5.92 Å². The van der Waals surface area contributed by atoms with Crippen LogP contribution in [0.5, 0.6) is 0 Å². The molecule has 3 nitrogen and oxygen atoms in total. The van der Waals surface area contributed by atoms with Gasteiger partial charge in [-0.2, -0.15) is 13.2 Å². The molecule has 96 valence electrons. The maximum atomic E-state index is 11.8. The monoisotopic (exact) mass is 268 g/mol. The smallest absolute Gasteiger partial charge is 0.300 e. The molecule has 0 spiro atoms. The molecule has 17 heavy (non-hydrogen) atoms. The lowest BCUT2D eigenvalue weighted by Crippen LogP contribution is -2.28. The van der Waals surface area contributed by atoms with Crippen molar-refractivity contribution in [2.75, 3.05) is 5.75 Å². The summed E-state index contributed by atoms with van der Waals surface area (Å²) in [5, 5.41) is -1.10. The van der Waals surface area contributed by atoms with Crippen molar-refractivity contribution in [3.05, 3.63) is 0 Å². The second-order valence-corrected chi connectivity index (χ2v) is 4.84. The maximum absolute atomic E-state index is 11.8. The number of hydrogen-bond donors (Lipinski definition) is 0. The van der Waals surface area contributed by atoms with E-state index < -0.39 is 28.7 Å². The summed E-state index contributed by atoms with van der Waals surface area (Å²) in [5.74, 6) is -3.04. The number of carbonyl (C=O) groups is 3. The van der Waals surface area contributed by atoms with Crippen LogP contribution in [0.2, 0.25) is 0 Å². The quantitative estimate of drug-likeness (QED) is 0.736. The van der Waals surface area contributed by atoms with Gasteiger partial charge in [0.05, 0.1) is 5.75 Å². The van der Waals surface area contributed by atoms with Crippen molar-refractivity contribution in [1.82, 2.24) is 0 Å². The van der Waals surface area contributed by atoms with E-state index in [0.717, 1.165) is 0 Å². The second kappa shape index (κ2) is 5.66. The molecule has 0 aromatic heterocycles. The molecule has 0 aromatic rings. The van der Waals surface area contributed by atoms with Gasteiger partial charge in [0.1, 0.15) is 5.78 Å². The summed E-state index contributed by atoms with van der Waals surface area (Å²) in [5.41, 5.74) is 0. The molecule has 7 heteroatoms. The van der Waals surface area contributed by atoms with Crippen molar-refractivity contribution in [2.24, 2.45) is 5.92 Å². The van der Waals surface area contributed by atoms with Crippen molar-refractivity contribution in [3.8, 4) is 0 Å². The average molecular weight is 268 g/mol. The van der Waals surface area contributed by atoms with Gasteiger partial charge in [-0.3, -0.25) is 14.4 Å². The third-order valence-electron chi connectivity index (χ3n) is 2.42. The van der Waals surface area contributed by atoms with Gasteiger partial charge in [-0.05, 0) is 12.8 Å². The summed E-state index contributed by atoms with van der Waals surface area (Å²) in [4.78, 5) is 33.7. The number of alkyl halides is 3. The van der Waals surface area contributed by atoms with Gasteiger partial charge in [0, 0.05) is 18.8 Å². The van der Waals surface area contributed by atoms with Crippen molar-refractivity contribution in [3.63, 3.8) is 0 Å². The van der Waals surface area contributed by atoms with Crippen molar-refractivity contribution >= 4 is 28.4 Å². The van der Waals surface area contributed by atoms with E-state index in [1.807, 2.05) is 0 Å². The highest BCUT2D eigenvalue weighted by Crippen LogP contribution is 2.26. The molecule has 1 rings (SSSR count). The predicted octanol–water partition coefficient (Wildman–Crippen LogP) is 2.14. The fraction of sp³-hybridized carbons (Fsp3) is 0.700. The Kier molecular flexibility index (Phi) is 4.73. The molecular weight excluding hydrogens is 257 g/mol. The summed E-state index contributed by atoms with van der Waals surface area (Å²) >= 11 is -0.0384. The molecule has 1 aliphatic carbocycles. The van der Waals surface area contributed by atoms with E-state index in [4.69, 9.17) is 0 Å². The topological polar surface area (TPSA) is 51.2 Å². The van der Waals surface area contributed by atoms with Gasteiger partial charge in [-0.1, -0.05) is 11.8 Å². The fourth-order valence-electron chi connectivity index (χ4n) is 1.63. The number of carbonyl (C=O) groups excluding carboxylic acids is 3. The summed E-state index contributed by atoms with van der Waals surface area (Å²) < 4.78 is 35.5. The van der Waals surface area contributed by atoms with Crippen molar-refractivity contribution in [1.29, 1.82) is 0 Å². The molecule has 0 N–H and O–H groups in total. The van der Waals surface area contributed by atoms with Gasteiger partial charge in [0.2, 0.25) is 5.78 Å². The van der Waals surface area contributed by atoms with Gasteiger partial charge in [-0.15, -0.1) is 0 Å². The van der Waals surface area contributed by atoms with Crippen LogP contribution in [-0.2, 0) is 14.4 Å². The lowest BCUT2D eigenvalue weighted by molar-refractivity contribution is -0.137. The summed E-state index contributed by atoms with van der Waals surface area (Å²) in [7, 11) is 0. The van der Waals surface area contributed by atoms with Crippen molar-refractivity contribution < 1.29 is 27.6 Å². The fourth-order valence-corrected chi connectivity index (χ4v) is 2.24. The Hall–Kier alpha value is -0.850. The molecule has 1 unspecified atom stereocenters. The lowest BCUT2D eigenvalue weighted by Gasteiger charge is -2.18. The number of Topliss-reactive ketones (excluding diaryl/α,β-unsaturated/α-hetero) is 2. The Morgan fingerprint density at radius 2 is 2.00 bits per heavy atom. The Morgan fingerprint density at radius 1 is 1.35 bits per heavy atom. The highest BCUT2D eigenvalue weighted by atomic mass is 32.2. The van der Waals surface area contributed by atoms with Crippen molar-refractivity contribution in [2.45, 2.75) is 31.9 Å². The zero-order chi connectivity index (χ0) is 13.1. The Morgan fingerprint density at radius 3 is 2.53 bits per heavy atom. The first-order chi connectivity index (χ1) is 7.79. The SMILES string of the molecule is O=C1CCCC(C(=O)C(=O)SCC(F)(F)F)C1. The zero-order valence-electron chi connectivity index (χ0n) is 8.88. The third kappa shape index (κ3) is 4.89. The minimum atomic E-state index is -4.47. The number of rotatable bonds is 3. The minimum absolute atomic E-state index is 0.0167. The largest absolute Gasteiger partial charge is 0.398 e. The molecular formula is C10H11F3O3S. The first-order valence-corrected chi connectivity index (χ1v) is 6.07. The average Bonchev–Trinajstić information content (AvgIpc) is 2.24. The normalized spacial score (nSPS) is 21.4. The van der Waals surface area contributed by atoms with Crippen LogP contribution in [0.3, 0.4) is 0 Å². The maximum Gasteiger partial charge on any atom is 0.398 e. The molecule has 1 aliphatic rings. The number of halogens is 3. The first kappa shape index (κ1) is 14.2. The van der Waals surface area contributed by atoms with E-state index in [2.05, 4.69) is 0 Å².